The predicted molar refractivity (Wildman–Crippen MR) is 77.1 cm³/mol. The van der Waals surface area contributed by atoms with E-state index in [9.17, 15) is 4.79 Å². The third kappa shape index (κ3) is 4.28. The first-order valence-electron chi connectivity index (χ1n) is 6.74. The summed E-state index contributed by atoms with van der Waals surface area (Å²) in [7, 11) is 0. The number of aliphatic hydroxyl groups excluding tert-OH is 1. The van der Waals surface area contributed by atoms with Crippen LogP contribution in [-0.4, -0.2) is 39.2 Å². The second-order valence-electron chi connectivity index (χ2n) is 4.36. The zero-order chi connectivity index (χ0) is 15.1. The fraction of sp³-hybridized carbons (Fsp3) is 0.357. The van der Waals surface area contributed by atoms with E-state index in [2.05, 4.69) is 15.6 Å². The highest BCUT2D eigenvalue weighted by molar-refractivity contribution is 5.92. The molecule has 1 aromatic carbocycles. The number of hydrogen-bond donors (Lipinski definition) is 2. The van der Waals surface area contributed by atoms with Gasteiger partial charge < -0.3 is 15.2 Å². The molecule has 0 atom stereocenters. The fourth-order valence-corrected chi connectivity index (χ4v) is 1.83. The number of ether oxygens (including phenoxy) is 1. The van der Waals surface area contributed by atoms with Gasteiger partial charge in [-0.2, -0.15) is 0 Å². The molecule has 0 saturated carbocycles. The number of nitrogens with zero attached hydrogens (tertiary/aromatic N) is 3. The topological polar surface area (TPSA) is 89.3 Å². The monoisotopic (exact) mass is 290 g/mol. The molecule has 1 heterocycles. The summed E-state index contributed by atoms with van der Waals surface area (Å²) < 4.78 is 6.88. The molecule has 0 fully saturated rings. The molecule has 0 unspecified atom stereocenters. The first-order valence-corrected chi connectivity index (χ1v) is 6.74. The average Bonchev–Trinajstić information content (AvgIpc) is 2.89. The normalized spacial score (nSPS) is 10.4. The molecule has 112 valence electrons. The number of rotatable bonds is 7. The van der Waals surface area contributed by atoms with E-state index in [1.165, 1.54) is 4.68 Å². The lowest BCUT2D eigenvalue weighted by Gasteiger charge is -2.10. The van der Waals surface area contributed by atoms with Gasteiger partial charge in [0.15, 0.2) is 0 Å². The smallest absolute Gasteiger partial charge is 0.246 e. The van der Waals surface area contributed by atoms with Gasteiger partial charge in [0.05, 0.1) is 18.0 Å². The minimum absolute atomic E-state index is 0.00657. The second-order valence-corrected chi connectivity index (χ2v) is 4.36. The summed E-state index contributed by atoms with van der Waals surface area (Å²) in [6.45, 7) is 2.47. The van der Waals surface area contributed by atoms with Crippen molar-refractivity contribution in [1.29, 1.82) is 0 Å². The van der Waals surface area contributed by atoms with Crippen molar-refractivity contribution in [3.63, 3.8) is 0 Å². The highest BCUT2D eigenvalue weighted by atomic mass is 16.5. The summed E-state index contributed by atoms with van der Waals surface area (Å²) >= 11 is 0. The highest BCUT2D eigenvalue weighted by Crippen LogP contribution is 2.23. The van der Waals surface area contributed by atoms with Gasteiger partial charge in [-0.3, -0.25) is 4.79 Å². The maximum Gasteiger partial charge on any atom is 0.246 e. The van der Waals surface area contributed by atoms with Gasteiger partial charge in [-0.1, -0.05) is 17.3 Å². The van der Waals surface area contributed by atoms with Crippen molar-refractivity contribution in [1.82, 2.24) is 15.0 Å². The molecule has 7 heteroatoms. The molecule has 21 heavy (non-hydrogen) atoms. The van der Waals surface area contributed by atoms with Crippen LogP contribution in [0.15, 0.2) is 30.5 Å². The SMILES string of the molecule is CCOc1ccccc1NC(=O)Cn1cc(CCO)nn1. The Morgan fingerprint density at radius 2 is 2.24 bits per heavy atom. The van der Waals surface area contributed by atoms with E-state index in [1.54, 1.807) is 18.3 Å². The van der Waals surface area contributed by atoms with Crippen LogP contribution in [0.25, 0.3) is 0 Å². The Morgan fingerprint density at radius 1 is 1.43 bits per heavy atom. The van der Waals surface area contributed by atoms with Crippen molar-refractivity contribution in [2.45, 2.75) is 19.9 Å². The molecule has 0 spiro atoms. The Morgan fingerprint density at radius 3 is 3.00 bits per heavy atom. The number of hydrogen-bond acceptors (Lipinski definition) is 5. The molecule has 7 nitrogen and oxygen atoms in total. The van der Waals surface area contributed by atoms with Crippen LogP contribution in [0.4, 0.5) is 5.69 Å². The molecule has 1 amide bonds. The molecule has 2 rings (SSSR count). The second kappa shape index (κ2) is 7.39. The third-order valence-corrected chi connectivity index (χ3v) is 2.72. The number of anilines is 1. The zero-order valence-corrected chi connectivity index (χ0v) is 11.8. The van der Waals surface area contributed by atoms with Crippen LogP contribution in [0.5, 0.6) is 5.75 Å². The lowest BCUT2D eigenvalue weighted by Crippen LogP contribution is -2.19. The molecule has 0 saturated heterocycles. The van der Waals surface area contributed by atoms with Crippen molar-refractivity contribution in [2.24, 2.45) is 0 Å². The summed E-state index contributed by atoms with van der Waals surface area (Å²) in [4.78, 5) is 12.0. The van der Waals surface area contributed by atoms with Crippen molar-refractivity contribution < 1.29 is 14.6 Å². The van der Waals surface area contributed by atoms with Gasteiger partial charge in [-0.25, -0.2) is 4.68 Å². The summed E-state index contributed by atoms with van der Waals surface area (Å²) in [5.41, 5.74) is 1.28. The van der Waals surface area contributed by atoms with Gasteiger partial charge in [0.1, 0.15) is 12.3 Å². The molecule has 2 aromatic rings. The Kier molecular flexibility index (Phi) is 5.28. The summed E-state index contributed by atoms with van der Waals surface area (Å²) in [6.07, 6.45) is 2.07. The van der Waals surface area contributed by atoms with Gasteiger partial charge in [-0.05, 0) is 19.1 Å². The Balaban J connectivity index is 1.97. The van der Waals surface area contributed by atoms with E-state index in [4.69, 9.17) is 9.84 Å². The number of aromatic nitrogens is 3. The van der Waals surface area contributed by atoms with Crippen LogP contribution in [-0.2, 0) is 17.8 Å². The van der Waals surface area contributed by atoms with E-state index in [0.29, 0.717) is 30.2 Å². The fourth-order valence-electron chi connectivity index (χ4n) is 1.83. The van der Waals surface area contributed by atoms with Gasteiger partial charge >= 0.3 is 0 Å². The van der Waals surface area contributed by atoms with Crippen molar-refractivity contribution in [3.05, 3.63) is 36.2 Å². The maximum atomic E-state index is 12.0. The summed E-state index contributed by atoms with van der Waals surface area (Å²) in [6, 6.07) is 7.25. The highest BCUT2D eigenvalue weighted by Gasteiger charge is 2.09. The number of amides is 1. The third-order valence-electron chi connectivity index (χ3n) is 2.72. The van der Waals surface area contributed by atoms with Crippen LogP contribution in [0.3, 0.4) is 0 Å². The van der Waals surface area contributed by atoms with Gasteiger partial charge in [0.25, 0.3) is 0 Å². The van der Waals surface area contributed by atoms with Crippen LogP contribution in [0.1, 0.15) is 12.6 Å². The lowest BCUT2D eigenvalue weighted by atomic mass is 10.3. The zero-order valence-electron chi connectivity index (χ0n) is 11.8. The standard InChI is InChI=1S/C14H18N4O3/c1-2-21-13-6-4-3-5-12(13)15-14(20)10-18-9-11(7-8-19)16-17-18/h3-6,9,19H,2,7-8,10H2,1H3,(H,15,20). The predicted octanol–water partition coefficient (Wildman–Crippen LogP) is 0.850. The van der Waals surface area contributed by atoms with Gasteiger partial charge in [0, 0.05) is 19.2 Å². The first kappa shape index (κ1) is 15.0. The quantitative estimate of drug-likeness (QED) is 0.789. The molecule has 0 radical (unpaired) electrons. The van der Waals surface area contributed by atoms with E-state index in [-0.39, 0.29) is 19.1 Å². The van der Waals surface area contributed by atoms with Crippen molar-refractivity contribution >= 4 is 11.6 Å². The van der Waals surface area contributed by atoms with E-state index in [0.717, 1.165) is 0 Å². The van der Waals surface area contributed by atoms with Crippen LogP contribution in [0.2, 0.25) is 0 Å². The minimum Gasteiger partial charge on any atom is -0.492 e. The molecule has 0 aliphatic rings. The van der Waals surface area contributed by atoms with E-state index in [1.807, 2.05) is 19.1 Å². The maximum absolute atomic E-state index is 12.0. The number of benzene rings is 1. The summed E-state index contributed by atoms with van der Waals surface area (Å²) in [5.74, 6) is 0.413. The minimum atomic E-state index is -0.220. The number of para-hydroxylation sites is 2. The Hall–Kier alpha value is -2.41. The Labute approximate surface area is 122 Å². The molecular weight excluding hydrogens is 272 g/mol. The average molecular weight is 290 g/mol. The van der Waals surface area contributed by atoms with Crippen molar-refractivity contribution in [3.8, 4) is 5.75 Å². The molecule has 2 N–H and O–H groups in total. The molecule has 0 aliphatic carbocycles. The molecule has 0 aliphatic heterocycles. The number of carbonyl (C=O) groups is 1. The van der Waals surface area contributed by atoms with Gasteiger partial charge in [-0.15, -0.1) is 5.10 Å². The number of aliphatic hydroxyl groups is 1. The lowest BCUT2D eigenvalue weighted by molar-refractivity contribution is -0.116. The number of carbonyl (C=O) groups excluding carboxylic acids is 1. The molecular formula is C14H18N4O3. The largest absolute Gasteiger partial charge is 0.492 e. The number of nitrogens with one attached hydrogen (secondary N) is 1. The van der Waals surface area contributed by atoms with E-state index >= 15 is 0 Å². The molecule has 0 bridgehead atoms. The molecule has 1 aromatic heterocycles. The first-order chi connectivity index (χ1) is 10.2. The van der Waals surface area contributed by atoms with Crippen molar-refractivity contribution in [2.75, 3.05) is 18.5 Å². The van der Waals surface area contributed by atoms with E-state index < -0.39 is 0 Å². The van der Waals surface area contributed by atoms with Crippen LogP contribution in [0, 0.1) is 0 Å². The van der Waals surface area contributed by atoms with Gasteiger partial charge in [0.2, 0.25) is 5.91 Å². The summed E-state index contributed by atoms with van der Waals surface area (Å²) in [5, 5.41) is 19.3. The Bertz CT molecular complexity index is 597. The van der Waals surface area contributed by atoms with Crippen LogP contribution < -0.4 is 10.1 Å². The van der Waals surface area contributed by atoms with Crippen LogP contribution >= 0.6 is 0 Å².